The Morgan fingerprint density at radius 3 is 2.45 bits per heavy atom. The molecular formula is C9H10N2. The standard InChI is InChI=1S/C9H10N2/c10-9(11)8-6-4-2-1-3-5-7-8/h1-7H,(H3,10,11)/b2-1-,3-1?,4-2?,5-3-,6-4?,7-5?,8-6?,8-7?. The Bertz CT molecular complexity index is 267. The Balaban J connectivity index is 2.87. The SMILES string of the molecule is N=C(N)C1=C/C=C\C=C/C=C1. The third kappa shape index (κ3) is 2.26. The number of amidine groups is 1. The van der Waals surface area contributed by atoms with E-state index in [4.69, 9.17) is 11.1 Å². The second kappa shape index (κ2) is 3.56. The smallest absolute Gasteiger partial charge is 0.122 e. The average molecular weight is 146 g/mol. The van der Waals surface area contributed by atoms with E-state index in [-0.39, 0.29) is 5.84 Å². The Labute approximate surface area is 65.9 Å². The molecule has 0 spiro atoms. The Morgan fingerprint density at radius 2 is 1.73 bits per heavy atom. The molecule has 3 N–H and O–H groups in total. The highest BCUT2D eigenvalue weighted by molar-refractivity contribution is 5.97. The third-order valence-corrected chi connectivity index (χ3v) is 1.31. The van der Waals surface area contributed by atoms with Crippen molar-refractivity contribution < 1.29 is 0 Å². The Morgan fingerprint density at radius 1 is 1.09 bits per heavy atom. The van der Waals surface area contributed by atoms with Crippen molar-refractivity contribution in [3.05, 3.63) is 48.1 Å². The largest absolute Gasteiger partial charge is 0.384 e. The first-order valence-electron chi connectivity index (χ1n) is 3.37. The average Bonchev–Trinajstić information content (AvgIpc) is 1.84. The number of nitrogens with two attached hydrogens (primary N) is 1. The van der Waals surface area contributed by atoms with Crippen LogP contribution < -0.4 is 5.73 Å². The van der Waals surface area contributed by atoms with Gasteiger partial charge >= 0.3 is 0 Å². The van der Waals surface area contributed by atoms with Crippen molar-refractivity contribution in [2.75, 3.05) is 0 Å². The normalized spacial score (nSPS) is 21.3. The highest BCUT2D eigenvalue weighted by Crippen LogP contribution is 1.99. The van der Waals surface area contributed by atoms with Gasteiger partial charge in [0.05, 0.1) is 0 Å². The maximum absolute atomic E-state index is 7.16. The van der Waals surface area contributed by atoms with Crippen LogP contribution in [0.15, 0.2) is 48.1 Å². The van der Waals surface area contributed by atoms with Gasteiger partial charge in [-0.15, -0.1) is 0 Å². The molecule has 0 aromatic rings. The first-order chi connectivity index (χ1) is 5.30. The van der Waals surface area contributed by atoms with Gasteiger partial charge in [0, 0.05) is 5.57 Å². The maximum atomic E-state index is 7.16. The number of nitrogens with one attached hydrogen (secondary N) is 1. The van der Waals surface area contributed by atoms with Crippen LogP contribution in [0.3, 0.4) is 0 Å². The zero-order valence-electron chi connectivity index (χ0n) is 6.12. The molecule has 0 aliphatic heterocycles. The van der Waals surface area contributed by atoms with Crippen molar-refractivity contribution in [2.45, 2.75) is 0 Å². The summed E-state index contributed by atoms with van der Waals surface area (Å²) < 4.78 is 0. The molecular weight excluding hydrogens is 136 g/mol. The van der Waals surface area contributed by atoms with Crippen LogP contribution in [-0.2, 0) is 0 Å². The lowest BCUT2D eigenvalue weighted by atomic mass is 10.2. The van der Waals surface area contributed by atoms with E-state index in [1.54, 1.807) is 0 Å². The summed E-state index contributed by atoms with van der Waals surface area (Å²) in [4.78, 5) is 0. The van der Waals surface area contributed by atoms with E-state index in [1.165, 1.54) is 0 Å². The molecule has 0 fully saturated rings. The highest BCUT2D eigenvalue weighted by atomic mass is 14.7. The van der Waals surface area contributed by atoms with Gasteiger partial charge in [-0.05, 0) is 0 Å². The van der Waals surface area contributed by atoms with Gasteiger partial charge < -0.3 is 5.73 Å². The number of hydrogen-bond donors (Lipinski definition) is 2. The van der Waals surface area contributed by atoms with Crippen molar-refractivity contribution in [2.24, 2.45) is 5.73 Å². The molecule has 1 rings (SSSR count). The van der Waals surface area contributed by atoms with E-state index in [1.807, 2.05) is 42.5 Å². The summed E-state index contributed by atoms with van der Waals surface area (Å²) in [5, 5.41) is 7.16. The molecule has 1 aliphatic rings. The van der Waals surface area contributed by atoms with Gasteiger partial charge in [0.25, 0.3) is 0 Å². The fourth-order valence-electron chi connectivity index (χ4n) is 0.746. The zero-order chi connectivity index (χ0) is 8.10. The van der Waals surface area contributed by atoms with Crippen molar-refractivity contribution in [1.82, 2.24) is 0 Å². The molecule has 11 heavy (non-hydrogen) atoms. The van der Waals surface area contributed by atoms with Gasteiger partial charge in [-0.25, -0.2) is 0 Å². The monoisotopic (exact) mass is 146 g/mol. The van der Waals surface area contributed by atoms with Crippen molar-refractivity contribution in [1.29, 1.82) is 5.41 Å². The van der Waals surface area contributed by atoms with Crippen LogP contribution in [0.2, 0.25) is 0 Å². The molecule has 0 bridgehead atoms. The zero-order valence-corrected chi connectivity index (χ0v) is 6.12. The number of rotatable bonds is 1. The van der Waals surface area contributed by atoms with Gasteiger partial charge in [0.1, 0.15) is 5.84 Å². The summed E-state index contributed by atoms with van der Waals surface area (Å²) in [6.45, 7) is 0. The van der Waals surface area contributed by atoms with Gasteiger partial charge in [0.2, 0.25) is 0 Å². The van der Waals surface area contributed by atoms with E-state index >= 15 is 0 Å². The van der Waals surface area contributed by atoms with Gasteiger partial charge in [-0.2, -0.15) is 0 Å². The fourth-order valence-corrected chi connectivity index (χ4v) is 0.746. The summed E-state index contributed by atoms with van der Waals surface area (Å²) >= 11 is 0. The van der Waals surface area contributed by atoms with Crippen LogP contribution in [0.4, 0.5) is 0 Å². The lowest BCUT2D eigenvalue weighted by Gasteiger charge is -1.96. The van der Waals surface area contributed by atoms with E-state index in [0.29, 0.717) is 0 Å². The molecule has 0 atom stereocenters. The molecule has 56 valence electrons. The molecule has 0 radical (unpaired) electrons. The van der Waals surface area contributed by atoms with Crippen LogP contribution in [0.1, 0.15) is 0 Å². The summed E-state index contributed by atoms with van der Waals surface area (Å²) in [5.74, 6) is 0.0983. The molecule has 0 amide bonds. The quantitative estimate of drug-likeness (QED) is 0.427. The van der Waals surface area contributed by atoms with Crippen LogP contribution in [0.5, 0.6) is 0 Å². The summed E-state index contributed by atoms with van der Waals surface area (Å²) in [6.07, 6.45) is 13.0. The predicted octanol–water partition coefficient (Wildman–Crippen LogP) is 1.53. The first kappa shape index (κ1) is 7.54. The summed E-state index contributed by atoms with van der Waals surface area (Å²) in [7, 11) is 0. The van der Waals surface area contributed by atoms with E-state index < -0.39 is 0 Å². The Kier molecular flexibility index (Phi) is 2.44. The molecule has 0 aromatic heterocycles. The first-order valence-corrected chi connectivity index (χ1v) is 3.37. The third-order valence-electron chi connectivity index (χ3n) is 1.31. The molecule has 1 aliphatic carbocycles. The van der Waals surface area contributed by atoms with E-state index in [9.17, 15) is 0 Å². The Hall–Kier alpha value is -1.57. The molecule has 2 nitrogen and oxygen atoms in total. The molecule has 0 heterocycles. The molecule has 0 saturated heterocycles. The molecule has 0 aromatic carbocycles. The maximum Gasteiger partial charge on any atom is 0.122 e. The second-order valence-electron chi connectivity index (χ2n) is 2.16. The molecule has 0 unspecified atom stereocenters. The minimum absolute atomic E-state index is 0.0983. The predicted molar refractivity (Wildman–Crippen MR) is 47.4 cm³/mol. The highest BCUT2D eigenvalue weighted by Gasteiger charge is 1.92. The van der Waals surface area contributed by atoms with Crippen LogP contribution in [0.25, 0.3) is 0 Å². The van der Waals surface area contributed by atoms with E-state index in [0.717, 1.165) is 5.57 Å². The second-order valence-corrected chi connectivity index (χ2v) is 2.16. The fraction of sp³-hybridized carbons (Fsp3) is 0. The van der Waals surface area contributed by atoms with Crippen molar-refractivity contribution >= 4 is 5.84 Å². The minimum atomic E-state index is 0.0983. The lowest BCUT2D eigenvalue weighted by molar-refractivity contribution is 1.43. The van der Waals surface area contributed by atoms with E-state index in [2.05, 4.69) is 0 Å². The van der Waals surface area contributed by atoms with Gasteiger partial charge in [-0.3, -0.25) is 5.41 Å². The summed E-state index contributed by atoms with van der Waals surface area (Å²) in [5.41, 5.74) is 6.03. The van der Waals surface area contributed by atoms with Gasteiger partial charge in [0.15, 0.2) is 0 Å². The summed E-state index contributed by atoms with van der Waals surface area (Å²) in [6, 6.07) is 0. The lowest BCUT2D eigenvalue weighted by Crippen LogP contribution is -2.11. The van der Waals surface area contributed by atoms with Crippen LogP contribution in [0, 0.1) is 5.41 Å². The topological polar surface area (TPSA) is 49.9 Å². The van der Waals surface area contributed by atoms with Crippen molar-refractivity contribution in [3.63, 3.8) is 0 Å². The van der Waals surface area contributed by atoms with Crippen LogP contribution >= 0.6 is 0 Å². The minimum Gasteiger partial charge on any atom is -0.384 e. The molecule has 2 heteroatoms. The number of hydrogen-bond acceptors (Lipinski definition) is 1. The van der Waals surface area contributed by atoms with Gasteiger partial charge in [-0.1, -0.05) is 42.5 Å². The molecule has 0 saturated carbocycles. The van der Waals surface area contributed by atoms with Crippen LogP contribution in [-0.4, -0.2) is 5.84 Å². The number of allylic oxidation sites excluding steroid dienone is 6. The van der Waals surface area contributed by atoms with Crippen molar-refractivity contribution in [3.8, 4) is 0 Å².